The Bertz CT molecular complexity index is 274. The van der Waals surface area contributed by atoms with Gasteiger partial charge in [0.25, 0.3) is 4.52 Å². The summed E-state index contributed by atoms with van der Waals surface area (Å²) >= 11 is 7.71. The molecule has 0 saturated carbocycles. The highest BCUT2D eigenvalue weighted by Gasteiger charge is 2.33. The van der Waals surface area contributed by atoms with E-state index in [1.54, 1.807) is 11.8 Å². The summed E-state index contributed by atoms with van der Waals surface area (Å²) in [5.74, 6) is 0.934. The van der Waals surface area contributed by atoms with Crippen LogP contribution < -0.4 is 5.32 Å². The van der Waals surface area contributed by atoms with Gasteiger partial charge in [0.1, 0.15) is 0 Å². The van der Waals surface area contributed by atoms with Gasteiger partial charge in [0.2, 0.25) is 0 Å². The van der Waals surface area contributed by atoms with Crippen molar-refractivity contribution in [2.24, 2.45) is 0 Å². The number of hydrogen-bond donors (Lipinski definition) is 1. The van der Waals surface area contributed by atoms with Gasteiger partial charge in [-0.3, -0.25) is 0 Å². The number of benzene rings is 1. The lowest BCUT2D eigenvalue weighted by molar-refractivity contribution is 0.133. The lowest BCUT2D eigenvalue weighted by Gasteiger charge is -2.21. The Morgan fingerprint density at radius 1 is 1.38 bits per heavy atom. The van der Waals surface area contributed by atoms with Crippen LogP contribution in [0.5, 0.6) is 0 Å². The first-order valence-electron chi connectivity index (χ1n) is 4.09. The molecule has 70 valence electrons. The minimum absolute atomic E-state index is 0.702. The van der Waals surface area contributed by atoms with Crippen LogP contribution in [-0.4, -0.2) is 16.9 Å². The van der Waals surface area contributed by atoms with Crippen LogP contribution in [0, 0.1) is 0 Å². The molecular formula is C9H10ClNOS. The fourth-order valence-corrected chi connectivity index (χ4v) is 2.36. The van der Waals surface area contributed by atoms with E-state index in [1.165, 1.54) is 0 Å². The molecule has 1 aromatic rings. The Kier molecular flexibility index (Phi) is 2.67. The summed E-state index contributed by atoms with van der Waals surface area (Å²) < 4.78 is 4.60. The van der Waals surface area contributed by atoms with Gasteiger partial charge in [-0.25, -0.2) is 0 Å². The first-order chi connectivity index (χ1) is 6.29. The minimum Gasteiger partial charge on any atom is -0.336 e. The third kappa shape index (κ3) is 2.30. The van der Waals surface area contributed by atoms with Crippen LogP contribution in [0.4, 0.5) is 5.69 Å². The molecule has 1 aromatic carbocycles. The van der Waals surface area contributed by atoms with Crippen LogP contribution in [0.15, 0.2) is 30.3 Å². The molecule has 4 heteroatoms. The molecule has 1 heterocycles. The van der Waals surface area contributed by atoms with Crippen LogP contribution in [0.2, 0.25) is 0 Å². The maximum Gasteiger partial charge on any atom is 0.267 e. The molecule has 2 nitrogen and oxygen atoms in total. The lowest BCUT2D eigenvalue weighted by Crippen LogP contribution is -2.26. The van der Waals surface area contributed by atoms with Crippen molar-refractivity contribution in [3.05, 3.63) is 30.3 Å². The fraction of sp³-hybridized carbons (Fsp3) is 0.333. The quantitative estimate of drug-likeness (QED) is 0.606. The average Bonchev–Trinajstić information content (AvgIpc) is 2.54. The zero-order valence-corrected chi connectivity index (χ0v) is 8.57. The van der Waals surface area contributed by atoms with Crippen molar-refractivity contribution in [2.75, 3.05) is 17.7 Å². The predicted octanol–water partition coefficient (Wildman–Crippen LogP) is 2.71. The van der Waals surface area contributed by atoms with Crippen molar-refractivity contribution in [1.82, 2.24) is 0 Å². The zero-order valence-electron chi connectivity index (χ0n) is 7.00. The van der Waals surface area contributed by atoms with Crippen LogP contribution in [0.1, 0.15) is 0 Å². The standard InChI is InChI=1S/C9H10ClNOS/c10-9(12-6-7-13-9)11-8-4-2-1-3-5-8/h1-5,11H,6-7H2. The highest BCUT2D eigenvalue weighted by molar-refractivity contribution is 8.02. The number of alkyl halides is 1. The van der Waals surface area contributed by atoms with Gasteiger partial charge in [-0.05, 0) is 12.1 Å². The molecule has 1 unspecified atom stereocenters. The van der Waals surface area contributed by atoms with Gasteiger partial charge in [0.15, 0.2) is 0 Å². The second-order valence-electron chi connectivity index (χ2n) is 2.72. The Balaban J connectivity index is 2.05. The van der Waals surface area contributed by atoms with Gasteiger partial charge in [0, 0.05) is 11.4 Å². The number of halogens is 1. The molecule has 1 aliphatic heterocycles. The normalized spacial score (nSPS) is 27.5. The zero-order chi connectivity index (χ0) is 9.15. The van der Waals surface area contributed by atoms with Crippen molar-refractivity contribution in [2.45, 2.75) is 4.52 Å². The molecule has 2 rings (SSSR count). The predicted molar refractivity (Wildman–Crippen MR) is 57.1 cm³/mol. The number of para-hydroxylation sites is 1. The summed E-state index contributed by atoms with van der Waals surface area (Å²) in [7, 11) is 0. The van der Waals surface area contributed by atoms with Gasteiger partial charge in [-0.15, -0.1) is 0 Å². The van der Waals surface area contributed by atoms with E-state index in [9.17, 15) is 0 Å². The van der Waals surface area contributed by atoms with E-state index in [2.05, 4.69) is 5.32 Å². The van der Waals surface area contributed by atoms with Crippen molar-refractivity contribution in [3.63, 3.8) is 0 Å². The van der Waals surface area contributed by atoms with Crippen LogP contribution in [0.3, 0.4) is 0 Å². The van der Waals surface area contributed by atoms with Gasteiger partial charge >= 0.3 is 0 Å². The van der Waals surface area contributed by atoms with E-state index < -0.39 is 4.52 Å². The number of thioether (sulfide) groups is 1. The van der Waals surface area contributed by atoms with E-state index in [0.29, 0.717) is 6.61 Å². The molecule has 0 radical (unpaired) electrons. The number of hydrogen-bond acceptors (Lipinski definition) is 3. The van der Waals surface area contributed by atoms with Crippen molar-refractivity contribution < 1.29 is 4.74 Å². The van der Waals surface area contributed by atoms with Crippen molar-refractivity contribution >= 4 is 29.1 Å². The number of anilines is 1. The second-order valence-corrected chi connectivity index (χ2v) is 4.75. The maximum absolute atomic E-state index is 6.13. The molecular weight excluding hydrogens is 206 g/mol. The molecule has 0 aromatic heterocycles. The Morgan fingerprint density at radius 2 is 2.15 bits per heavy atom. The van der Waals surface area contributed by atoms with Gasteiger partial charge in [-0.2, -0.15) is 0 Å². The molecule has 1 N–H and O–H groups in total. The SMILES string of the molecule is ClC1(Nc2ccccc2)OCCS1. The summed E-state index contributed by atoms with van der Waals surface area (Å²) in [6.07, 6.45) is 0. The van der Waals surface area contributed by atoms with Gasteiger partial charge < -0.3 is 10.1 Å². The molecule has 1 fully saturated rings. The van der Waals surface area contributed by atoms with E-state index in [1.807, 2.05) is 30.3 Å². The van der Waals surface area contributed by atoms with Crippen molar-refractivity contribution in [1.29, 1.82) is 0 Å². The van der Waals surface area contributed by atoms with Crippen LogP contribution >= 0.6 is 23.4 Å². The molecule has 0 spiro atoms. The molecule has 13 heavy (non-hydrogen) atoms. The molecule has 1 saturated heterocycles. The molecule has 1 atom stereocenters. The molecule has 0 amide bonds. The third-order valence-corrected chi connectivity index (χ3v) is 3.22. The van der Waals surface area contributed by atoms with E-state index in [4.69, 9.17) is 16.3 Å². The van der Waals surface area contributed by atoms with E-state index in [-0.39, 0.29) is 0 Å². The summed E-state index contributed by atoms with van der Waals surface area (Å²) in [5, 5.41) is 3.12. The smallest absolute Gasteiger partial charge is 0.267 e. The first kappa shape index (κ1) is 9.19. The highest BCUT2D eigenvalue weighted by Crippen LogP contribution is 2.37. The average molecular weight is 216 g/mol. The number of rotatable bonds is 2. The largest absolute Gasteiger partial charge is 0.336 e. The topological polar surface area (TPSA) is 21.3 Å². The lowest BCUT2D eigenvalue weighted by atomic mass is 10.3. The molecule has 1 aliphatic rings. The van der Waals surface area contributed by atoms with E-state index in [0.717, 1.165) is 11.4 Å². The Labute approximate surface area is 86.6 Å². The number of nitrogens with one attached hydrogen (secondary N) is 1. The van der Waals surface area contributed by atoms with Crippen molar-refractivity contribution in [3.8, 4) is 0 Å². The van der Waals surface area contributed by atoms with Crippen LogP contribution in [0.25, 0.3) is 0 Å². The second kappa shape index (κ2) is 3.78. The highest BCUT2D eigenvalue weighted by atomic mass is 35.5. The van der Waals surface area contributed by atoms with Gasteiger partial charge in [-0.1, -0.05) is 41.6 Å². The third-order valence-electron chi connectivity index (χ3n) is 1.73. The first-order valence-corrected chi connectivity index (χ1v) is 5.45. The monoisotopic (exact) mass is 215 g/mol. The minimum atomic E-state index is -0.763. The summed E-state index contributed by atoms with van der Waals surface area (Å²) in [6.45, 7) is 0.702. The molecule has 0 aliphatic carbocycles. The Hall–Kier alpha value is -0.380. The molecule has 0 bridgehead atoms. The summed E-state index contributed by atoms with van der Waals surface area (Å²) in [4.78, 5) is 0. The van der Waals surface area contributed by atoms with E-state index >= 15 is 0 Å². The van der Waals surface area contributed by atoms with Gasteiger partial charge in [0.05, 0.1) is 6.61 Å². The Morgan fingerprint density at radius 3 is 2.77 bits per heavy atom. The van der Waals surface area contributed by atoms with Crippen LogP contribution in [-0.2, 0) is 4.74 Å². The number of ether oxygens (including phenoxy) is 1. The summed E-state index contributed by atoms with van der Waals surface area (Å²) in [6, 6.07) is 9.82. The maximum atomic E-state index is 6.13. The fourth-order valence-electron chi connectivity index (χ4n) is 1.15. The summed E-state index contributed by atoms with van der Waals surface area (Å²) in [5.41, 5.74) is 0.979.